The summed E-state index contributed by atoms with van der Waals surface area (Å²) >= 11 is 3.55. The van der Waals surface area contributed by atoms with Crippen molar-refractivity contribution in [1.29, 1.82) is 0 Å². The standard InChI is InChI=1S/C10H5F3O2S/c11-10(12,13)7-5-3-1-2-4-6(5)15-9(14)8(7)16/h1-4,16H. The van der Waals surface area contributed by atoms with E-state index >= 15 is 0 Å². The first-order valence-electron chi connectivity index (χ1n) is 4.23. The number of halogens is 3. The second-order valence-electron chi connectivity index (χ2n) is 3.11. The molecule has 0 amide bonds. The zero-order valence-corrected chi connectivity index (χ0v) is 8.60. The minimum Gasteiger partial charge on any atom is -0.422 e. The lowest BCUT2D eigenvalue weighted by Gasteiger charge is -2.10. The van der Waals surface area contributed by atoms with Gasteiger partial charge in [0.2, 0.25) is 0 Å². The molecule has 6 heteroatoms. The van der Waals surface area contributed by atoms with Crippen molar-refractivity contribution in [1.82, 2.24) is 0 Å². The lowest BCUT2D eigenvalue weighted by atomic mass is 10.1. The molecule has 0 saturated carbocycles. The second kappa shape index (κ2) is 3.55. The molecular weight excluding hydrogens is 241 g/mol. The maximum absolute atomic E-state index is 12.7. The fraction of sp³-hybridized carbons (Fsp3) is 0.100. The van der Waals surface area contributed by atoms with Crippen LogP contribution in [0.3, 0.4) is 0 Å². The maximum Gasteiger partial charge on any atom is 0.418 e. The Labute approximate surface area is 93.1 Å². The lowest BCUT2D eigenvalue weighted by Crippen LogP contribution is -2.14. The Morgan fingerprint density at radius 1 is 1.19 bits per heavy atom. The number of rotatable bonds is 0. The molecule has 0 radical (unpaired) electrons. The van der Waals surface area contributed by atoms with E-state index in [9.17, 15) is 18.0 Å². The van der Waals surface area contributed by atoms with Crippen LogP contribution in [0.1, 0.15) is 5.56 Å². The minimum atomic E-state index is -4.63. The summed E-state index contributed by atoms with van der Waals surface area (Å²) in [6.45, 7) is 0. The summed E-state index contributed by atoms with van der Waals surface area (Å²) in [4.78, 5) is 10.4. The van der Waals surface area contributed by atoms with Crippen LogP contribution in [0.2, 0.25) is 0 Å². The molecule has 0 spiro atoms. The van der Waals surface area contributed by atoms with Gasteiger partial charge in [0, 0.05) is 5.39 Å². The topological polar surface area (TPSA) is 30.2 Å². The maximum atomic E-state index is 12.7. The summed E-state index contributed by atoms with van der Waals surface area (Å²) in [7, 11) is 0. The Balaban J connectivity index is 2.99. The summed E-state index contributed by atoms with van der Waals surface area (Å²) in [5.41, 5.74) is -2.24. The summed E-state index contributed by atoms with van der Waals surface area (Å²) in [6.07, 6.45) is -4.63. The van der Waals surface area contributed by atoms with E-state index < -0.39 is 22.3 Å². The van der Waals surface area contributed by atoms with Gasteiger partial charge in [-0.2, -0.15) is 13.2 Å². The first kappa shape index (κ1) is 11.1. The van der Waals surface area contributed by atoms with Gasteiger partial charge in [-0.1, -0.05) is 18.2 Å². The molecule has 1 heterocycles. The van der Waals surface area contributed by atoms with Crippen LogP contribution in [0, 0.1) is 0 Å². The molecular formula is C10H5F3O2S. The smallest absolute Gasteiger partial charge is 0.418 e. The van der Waals surface area contributed by atoms with Crippen LogP contribution < -0.4 is 5.63 Å². The van der Waals surface area contributed by atoms with Crippen molar-refractivity contribution < 1.29 is 17.6 Å². The summed E-state index contributed by atoms with van der Waals surface area (Å²) in [5, 5.41) is -0.167. The highest BCUT2D eigenvalue weighted by molar-refractivity contribution is 7.80. The fourth-order valence-corrected chi connectivity index (χ4v) is 1.72. The van der Waals surface area contributed by atoms with E-state index in [4.69, 9.17) is 4.42 Å². The molecule has 2 rings (SSSR count). The number of alkyl halides is 3. The SMILES string of the molecule is O=c1oc2ccccc2c(C(F)(F)F)c1S. The average Bonchev–Trinajstić information content (AvgIpc) is 2.17. The van der Waals surface area contributed by atoms with Gasteiger partial charge in [0.25, 0.3) is 0 Å². The van der Waals surface area contributed by atoms with Crippen LogP contribution in [-0.4, -0.2) is 0 Å². The van der Waals surface area contributed by atoms with Crippen molar-refractivity contribution in [2.75, 3.05) is 0 Å². The van der Waals surface area contributed by atoms with Crippen molar-refractivity contribution in [3.8, 4) is 0 Å². The van der Waals surface area contributed by atoms with Crippen LogP contribution >= 0.6 is 12.6 Å². The molecule has 0 aliphatic rings. The van der Waals surface area contributed by atoms with Crippen LogP contribution in [-0.2, 0) is 6.18 Å². The number of hydrogen-bond acceptors (Lipinski definition) is 3. The summed E-state index contributed by atoms with van der Waals surface area (Å²) in [6, 6.07) is 5.47. The van der Waals surface area contributed by atoms with Crippen LogP contribution in [0.15, 0.2) is 38.4 Å². The molecule has 0 aliphatic carbocycles. The minimum absolute atomic E-state index is 0.0994. The Morgan fingerprint density at radius 3 is 2.44 bits per heavy atom. The zero-order valence-electron chi connectivity index (χ0n) is 7.71. The third-order valence-electron chi connectivity index (χ3n) is 2.07. The monoisotopic (exact) mass is 246 g/mol. The molecule has 0 fully saturated rings. The quantitative estimate of drug-likeness (QED) is 0.572. The van der Waals surface area contributed by atoms with Crippen LogP contribution in [0.5, 0.6) is 0 Å². The Morgan fingerprint density at radius 2 is 1.81 bits per heavy atom. The molecule has 1 aromatic heterocycles. The molecule has 0 N–H and O–H groups in total. The summed E-state index contributed by atoms with van der Waals surface area (Å²) in [5.74, 6) is 0. The van der Waals surface area contributed by atoms with Gasteiger partial charge in [-0.15, -0.1) is 12.6 Å². The normalized spacial score (nSPS) is 12.0. The fourth-order valence-electron chi connectivity index (χ4n) is 1.43. The van der Waals surface area contributed by atoms with Crippen molar-refractivity contribution in [2.45, 2.75) is 11.1 Å². The molecule has 0 unspecified atom stereocenters. The number of fused-ring (bicyclic) bond motifs is 1. The Kier molecular flexibility index (Phi) is 2.46. The van der Waals surface area contributed by atoms with Crippen molar-refractivity contribution in [3.05, 3.63) is 40.2 Å². The summed E-state index contributed by atoms with van der Waals surface area (Å²) < 4.78 is 42.9. The average molecular weight is 246 g/mol. The molecule has 2 aromatic rings. The van der Waals surface area contributed by atoms with Gasteiger partial charge < -0.3 is 4.42 Å². The van der Waals surface area contributed by atoms with Crippen LogP contribution in [0.4, 0.5) is 13.2 Å². The van der Waals surface area contributed by atoms with E-state index in [0.29, 0.717) is 0 Å². The number of benzene rings is 1. The predicted molar refractivity (Wildman–Crippen MR) is 54.7 cm³/mol. The number of para-hydroxylation sites is 1. The Hall–Kier alpha value is -1.43. The zero-order chi connectivity index (χ0) is 11.9. The van der Waals surface area contributed by atoms with Gasteiger partial charge in [0.1, 0.15) is 10.5 Å². The van der Waals surface area contributed by atoms with Gasteiger partial charge in [-0.05, 0) is 6.07 Å². The van der Waals surface area contributed by atoms with Crippen molar-refractivity contribution >= 4 is 23.6 Å². The van der Waals surface area contributed by atoms with Crippen molar-refractivity contribution in [2.24, 2.45) is 0 Å². The van der Waals surface area contributed by atoms with Gasteiger partial charge in [-0.3, -0.25) is 0 Å². The van der Waals surface area contributed by atoms with E-state index in [0.717, 1.165) is 0 Å². The molecule has 0 bridgehead atoms. The first-order valence-corrected chi connectivity index (χ1v) is 4.68. The van der Waals surface area contributed by atoms with Gasteiger partial charge in [0.05, 0.1) is 5.56 Å². The third kappa shape index (κ3) is 1.69. The number of thiol groups is 1. The van der Waals surface area contributed by atoms with Crippen molar-refractivity contribution in [3.63, 3.8) is 0 Å². The van der Waals surface area contributed by atoms with Crippen LogP contribution in [0.25, 0.3) is 11.0 Å². The highest BCUT2D eigenvalue weighted by Gasteiger charge is 2.36. The molecule has 16 heavy (non-hydrogen) atoms. The third-order valence-corrected chi connectivity index (χ3v) is 2.48. The molecule has 1 aromatic carbocycles. The van der Waals surface area contributed by atoms with E-state index in [2.05, 4.69) is 12.6 Å². The second-order valence-corrected chi connectivity index (χ2v) is 3.55. The predicted octanol–water partition coefficient (Wildman–Crippen LogP) is 3.10. The van der Waals surface area contributed by atoms with Gasteiger partial charge in [-0.25, -0.2) is 4.79 Å². The lowest BCUT2D eigenvalue weighted by molar-refractivity contribution is -0.138. The molecule has 84 valence electrons. The van der Waals surface area contributed by atoms with E-state index in [-0.39, 0.29) is 11.0 Å². The van der Waals surface area contributed by atoms with E-state index in [1.165, 1.54) is 24.3 Å². The molecule has 2 nitrogen and oxygen atoms in total. The van der Waals surface area contributed by atoms with Gasteiger partial charge in [0.15, 0.2) is 0 Å². The number of hydrogen-bond donors (Lipinski definition) is 1. The van der Waals surface area contributed by atoms with Gasteiger partial charge >= 0.3 is 11.8 Å². The molecule has 0 aliphatic heterocycles. The van der Waals surface area contributed by atoms with E-state index in [1.807, 2.05) is 0 Å². The van der Waals surface area contributed by atoms with E-state index in [1.54, 1.807) is 0 Å². The highest BCUT2D eigenvalue weighted by atomic mass is 32.1. The molecule has 0 atom stereocenters. The molecule has 0 saturated heterocycles. The largest absolute Gasteiger partial charge is 0.422 e. The highest BCUT2D eigenvalue weighted by Crippen LogP contribution is 2.37. The Bertz CT molecular complexity index is 601. The first-order chi connectivity index (χ1) is 7.41.